The molecule has 0 aliphatic heterocycles. The number of carbonyl (C=O) groups excluding carboxylic acids is 1. The highest BCUT2D eigenvalue weighted by atomic mass is 35.5. The molecule has 0 radical (unpaired) electrons. The molecule has 0 saturated heterocycles. The van der Waals surface area contributed by atoms with Crippen molar-refractivity contribution >= 4 is 17.6 Å². The summed E-state index contributed by atoms with van der Waals surface area (Å²) in [4.78, 5) is 11.3. The molecular weight excluding hydrogens is 188 g/mol. The fourth-order valence-electron chi connectivity index (χ4n) is 0.801. The van der Waals surface area contributed by atoms with Gasteiger partial charge in [0, 0.05) is 5.57 Å². The second kappa shape index (κ2) is 6.96. The summed E-state index contributed by atoms with van der Waals surface area (Å²) in [5.41, 5.74) is 0.567. The van der Waals surface area contributed by atoms with Gasteiger partial charge in [-0.3, -0.25) is 0 Å². The third-order valence-corrected chi connectivity index (χ3v) is 1.72. The first-order chi connectivity index (χ1) is 6.11. The number of hydrogen-bond acceptors (Lipinski definition) is 2. The van der Waals surface area contributed by atoms with E-state index in [0.717, 1.165) is 12.8 Å². The molecule has 2 nitrogen and oxygen atoms in total. The summed E-state index contributed by atoms with van der Waals surface area (Å²) in [7, 11) is 0. The van der Waals surface area contributed by atoms with Gasteiger partial charge in [-0.15, -0.1) is 11.6 Å². The number of halogens is 1. The van der Waals surface area contributed by atoms with Crippen LogP contribution in [-0.4, -0.2) is 18.0 Å². The van der Waals surface area contributed by atoms with Crippen molar-refractivity contribution in [3.8, 4) is 0 Å². The number of ether oxygens (including phenoxy) is 1. The summed E-state index contributed by atoms with van der Waals surface area (Å²) in [5, 5.41) is 0. The molecular formula is C10H17ClO2. The summed E-state index contributed by atoms with van der Waals surface area (Å²) in [6, 6.07) is 0. The lowest BCUT2D eigenvalue weighted by molar-refractivity contribution is -0.142. The molecule has 0 unspecified atom stereocenters. The summed E-state index contributed by atoms with van der Waals surface area (Å²) in [5.74, 6) is -0.0654. The van der Waals surface area contributed by atoms with Gasteiger partial charge in [0.2, 0.25) is 0 Å². The minimum Gasteiger partial charge on any atom is -0.460 e. The molecule has 0 heterocycles. The molecule has 0 aromatic rings. The van der Waals surface area contributed by atoms with E-state index in [0.29, 0.717) is 5.57 Å². The highest BCUT2D eigenvalue weighted by Gasteiger charge is 2.10. The van der Waals surface area contributed by atoms with Gasteiger partial charge in [-0.2, -0.15) is 0 Å². The third-order valence-electron chi connectivity index (χ3n) is 1.43. The third kappa shape index (κ3) is 5.69. The molecule has 13 heavy (non-hydrogen) atoms. The van der Waals surface area contributed by atoms with Crippen molar-refractivity contribution in [2.24, 2.45) is 0 Å². The van der Waals surface area contributed by atoms with E-state index >= 15 is 0 Å². The van der Waals surface area contributed by atoms with Gasteiger partial charge < -0.3 is 4.74 Å². The van der Waals surface area contributed by atoms with Gasteiger partial charge in [-0.25, -0.2) is 4.79 Å². The molecule has 0 aliphatic rings. The second-order valence-corrected chi connectivity index (χ2v) is 3.37. The van der Waals surface area contributed by atoms with Crippen LogP contribution in [-0.2, 0) is 9.53 Å². The maximum atomic E-state index is 11.3. The smallest absolute Gasteiger partial charge is 0.335 e. The normalized spacial score (nSPS) is 11.9. The number of unbranched alkanes of at least 4 members (excludes halogenated alkanes) is 1. The molecule has 76 valence electrons. The second-order valence-electron chi connectivity index (χ2n) is 3.11. The van der Waals surface area contributed by atoms with E-state index < -0.39 is 0 Å². The molecule has 0 saturated carbocycles. The zero-order valence-electron chi connectivity index (χ0n) is 8.47. The maximum absolute atomic E-state index is 11.3. The summed E-state index contributed by atoms with van der Waals surface area (Å²) >= 11 is 5.61. The van der Waals surface area contributed by atoms with E-state index in [1.54, 1.807) is 0 Å². The average molecular weight is 205 g/mol. The van der Waals surface area contributed by atoms with Gasteiger partial charge >= 0.3 is 5.97 Å². The number of allylic oxidation sites excluding steroid dienone is 1. The molecule has 0 bridgehead atoms. The van der Waals surface area contributed by atoms with Crippen LogP contribution in [0.1, 0.15) is 33.6 Å². The fraction of sp³-hybridized carbons (Fsp3) is 0.700. The van der Waals surface area contributed by atoms with Crippen LogP contribution < -0.4 is 0 Å². The molecule has 0 N–H and O–H groups in total. The van der Waals surface area contributed by atoms with Crippen molar-refractivity contribution in [2.75, 3.05) is 5.88 Å². The highest BCUT2D eigenvalue weighted by molar-refractivity contribution is 6.22. The Balaban J connectivity index is 4.14. The van der Waals surface area contributed by atoms with Gasteiger partial charge in [0.05, 0.1) is 12.0 Å². The minimum absolute atomic E-state index is 0.0826. The van der Waals surface area contributed by atoms with E-state index in [2.05, 4.69) is 6.92 Å². The monoisotopic (exact) mass is 204 g/mol. The molecule has 0 atom stereocenters. The van der Waals surface area contributed by atoms with Crippen LogP contribution in [0.5, 0.6) is 0 Å². The average Bonchev–Trinajstić information content (AvgIpc) is 2.04. The van der Waals surface area contributed by atoms with E-state index in [1.165, 1.54) is 0 Å². The van der Waals surface area contributed by atoms with E-state index in [4.69, 9.17) is 16.3 Å². The van der Waals surface area contributed by atoms with E-state index in [-0.39, 0.29) is 18.0 Å². The Morgan fingerprint density at radius 3 is 2.54 bits per heavy atom. The molecule has 0 aromatic carbocycles. The number of carbonyl (C=O) groups is 1. The lowest BCUT2D eigenvalue weighted by Gasteiger charge is -2.08. The van der Waals surface area contributed by atoms with Crippen LogP contribution in [0.3, 0.4) is 0 Å². The van der Waals surface area contributed by atoms with Crippen LogP contribution in [0.4, 0.5) is 0 Å². The largest absolute Gasteiger partial charge is 0.460 e. The Hall–Kier alpha value is -0.500. The Morgan fingerprint density at radius 1 is 1.54 bits per heavy atom. The maximum Gasteiger partial charge on any atom is 0.335 e. The number of hydrogen-bond donors (Lipinski definition) is 0. The Kier molecular flexibility index (Phi) is 6.69. The van der Waals surface area contributed by atoms with Gasteiger partial charge in [-0.05, 0) is 20.3 Å². The number of alkyl halides is 1. The topological polar surface area (TPSA) is 26.3 Å². The Morgan fingerprint density at radius 2 is 2.15 bits per heavy atom. The molecule has 0 spiro atoms. The molecule has 0 aromatic heterocycles. The van der Waals surface area contributed by atoms with Crippen LogP contribution in [0.15, 0.2) is 11.6 Å². The van der Waals surface area contributed by atoms with Gasteiger partial charge in [0.25, 0.3) is 0 Å². The molecule has 3 heteroatoms. The minimum atomic E-state index is -0.293. The van der Waals surface area contributed by atoms with Gasteiger partial charge in [-0.1, -0.05) is 19.4 Å². The van der Waals surface area contributed by atoms with Crippen molar-refractivity contribution in [1.29, 1.82) is 0 Å². The molecule has 0 rings (SSSR count). The van der Waals surface area contributed by atoms with Crippen LogP contribution >= 0.6 is 11.6 Å². The summed E-state index contributed by atoms with van der Waals surface area (Å²) < 4.78 is 5.01. The van der Waals surface area contributed by atoms with Crippen molar-refractivity contribution in [1.82, 2.24) is 0 Å². The Labute approximate surface area is 84.9 Å². The van der Waals surface area contributed by atoms with Crippen molar-refractivity contribution in [2.45, 2.75) is 39.7 Å². The van der Waals surface area contributed by atoms with Crippen molar-refractivity contribution < 1.29 is 9.53 Å². The SMILES string of the molecule is CCCC=C(CCl)C(=O)OC(C)C. The van der Waals surface area contributed by atoms with Gasteiger partial charge in [0.15, 0.2) is 0 Å². The fourth-order valence-corrected chi connectivity index (χ4v) is 1.02. The molecule has 0 aliphatic carbocycles. The first kappa shape index (κ1) is 12.5. The van der Waals surface area contributed by atoms with Crippen molar-refractivity contribution in [3.05, 3.63) is 11.6 Å². The van der Waals surface area contributed by atoms with Gasteiger partial charge in [0.1, 0.15) is 0 Å². The Bertz CT molecular complexity index is 185. The standard InChI is InChI=1S/C10H17ClO2/c1-4-5-6-9(7-11)10(12)13-8(2)3/h6,8H,4-5,7H2,1-3H3. The highest BCUT2D eigenvalue weighted by Crippen LogP contribution is 2.06. The molecule has 0 fully saturated rings. The van der Waals surface area contributed by atoms with E-state index in [9.17, 15) is 4.79 Å². The number of rotatable bonds is 5. The quantitative estimate of drug-likeness (QED) is 0.391. The first-order valence-corrected chi connectivity index (χ1v) is 5.11. The lowest BCUT2D eigenvalue weighted by Crippen LogP contribution is -2.14. The first-order valence-electron chi connectivity index (χ1n) is 4.57. The van der Waals surface area contributed by atoms with Crippen molar-refractivity contribution in [3.63, 3.8) is 0 Å². The predicted molar refractivity (Wildman–Crippen MR) is 54.9 cm³/mol. The summed E-state index contributed by atoms with van der Waals surface area (Å²) in [6.45, 7) is 5.70. The zero-order chi connectivity index (χ0) is 10.3. The number of esters is 1. The van der Waals surface area contributed by atoms with Crippen LogP contribution in [0.2, 0.25) is 0 Å². The molecule has 0 amide bonds. The van der Waals surface area contributed by atoms with Crippen LogP contribution in [0.25, 0.3) is 0 Å². The van der Waals surface area contributed by atoms with Crippen LogP contribution in [0, 0.1) is 0 Å². The summed E-state index contributed by atoms with van der Waals surface area (Å²) in [6.07, 6.45) is 3.64. The van der Waals surface area contributed by atoms with E-state index in [1.807, 2.05) is 19.9 Å². The zero-order valence-corrected chi connectivity index (χ0v) is 9.23. The lowest BCUT2D eigenvalue weighted by atomic mass is 10.2. The predicted octanol–water partition coefficient (Wildman–Crippen LogP) is 2.90.